The van der Waals surface area contributed by atoms with Crippen LogP contribution in [0.25, 0.3) is 0 Å². The normalized spacial score (nSPS) is 18.5. The van der Waals surface area contributed by atoms with Crippen molar-refractivity contribution in [3.63, 3.8) is 0 Å². The van der Waals surface area contributed by atoms with Crippen molar-refractivity contribution in [2.75, 3.05) is 31.5 Å². The Labute approximate surface area is 150 Å². The van der Waals surface area contributed by atoms with Crippen molar-refractivity contribution in [1.82, 2.24) is 19.8 Å². The molecule has 1 aromatic carbocycles. The van der Waals surface area contributed by atoms with Crippen molar-refractivity contribution in [3.8, 4) is 0 Å². The van der Waals surface area contributed by atoms with E-state index in [9.17, 15) is 4.79 Å². The zero-order valence-electron chi connectivity index (χ0n) is 13.3. The van der Waals surface area contributed by atoms with E-state index in [-0.39, 0.29) is 18.5 Å². The van der Waals surface area contributed by atoms with Crippen molar-refractivity contribution in [2.45, 2.75) is 6.04 Å². The van der Waals surface area contributed by atoms with E-state index in [1.165, 1.54) is 0 Å². The first-order chi connectivity index (χ1) is 11.6. The molecule has 24 heavy (non-hydrogen) atoms. The lowest BCUT2D eigenvalue weighted by atomic mass is 10.1. The molecule has 1 unspecified atom stereocenters. The second kappa shape index (κ2) is 7.53. The van der Waals surface area contributed by atoms with Crippen LogP contribution in [0.4, 0.5) is 5.69 Å². The number of imidazole rings is 1. The zero-order chi connectivity index (χ0) is 17.1. The molecule has 1 fully saturated rings. The van der Waals surface area contributed by atoms with Crippen LogP contribution in [-0.4, -0.2) is 46.5 Å². The average molecular weight is 368 g/mol. The van der Waals surface area contributed by atoms with E-state index in [1.54, 1.807) is 24.4 Å². The van der Waals surface area contributed by atoms with Gasteiger partial charge >= 0.3 is 0 Å². The van der Waals surface area contributed by atoms with E-state index in [0.29, 0.717) is 15.7 Å². The number of hydrogen-bond acceptors (Lipinski definition) is 4. The molecule has 8 heteroatoms. The van der Waals surface area contributed by atoms with E-state index in [0.717, 1.165) is 25.5 Å². The molecule has 2 aromatic rings. The number of rotatable bonds is 4. The fraction of sp³-hybridized carbons (Fsp3) is 0.375. The van der Waals surface area contributed by atoms with Gasteiger partial charge < -0.3 is 15.2 Å². The van der Waals surface area contributed by atoms with E-state index >= 15 is 0 Å². The Balaban J connectivity index is 1.70. The second-order valence-corrected chi connectivity index (χ2v) is 6.52. The van der Waals surface area contributed by atoms with E-state index in [4.69, 9.17) is 23.2 Å². The number of nitrogens with zero attached hydrogens (tertiary/aromatic N) is 3. The summed E-state index contributed by atoms with van der Waals surface area (Å²) < 4.78 is 1.98. The number of nitrogens with one attached hydrogen (secondary N) is 2. The van der Waals surface area contributed by atoms with Crippen LogP contribution in [-0.2, 0) is 11.8 Å². The molecule has 6 nitrogen and oxygen atoms in total. The highest BCUT2D eigenvalue weighted by molar-refractivity contribution is 6.43. The standard InChI is InChI=1S/C16H19Cl2N5O/c1-22-7-6-20-16(22)13-9-19-5-8-23(13)10-14(24)21-12-4-2-3-11(17)15(12)18/h2-4,6-7,13,19H,5,8-10H2,1H3,(H,21,24). The summed E-state index contributed by atoms with van der Waals surface area (Å²) in [5, 5.41) is 6.96. The van der Waals surface area contributed by atoms with Gasteiger partial charge in [0.05, 0.1) is 28.3 Å². The summed E-state index contributed by atoms with van der Waals surface area (Å²) in [4.78, 5) is 19.0. The molecule has 2 N–H and O–H groups in total. The molecule has 128 valence electrons. The van der Waals surface area contributed by atoms with Crippen LogP contribution in [0.15, 0.2) is 30.6 Å². The maximum absolute atomic E-state index is 12.4. The summed E-state index contributed by atoms with van der Waals surface area (Å²) in [5.74, 6) is 0.816. The maximum atomic E-state index is 12.4. The number of benzene rings is 1. The van der Waals surface area contributed by atoms with Gasteiger partial charge in [0.2, 0.25) is 5.91 Å². The molecule has 1 aromatic heterocycles. The number of anilines is 1. The van der Waals surface area contributed by atoms with Crippen molar-refractivity contribution >= 4 is 34.8 Å². The van der Waals surface area contributed by atoms with Gasteiger partial charge in [0.15, 0.2) is 0 Å². The van der Waals surface area contributed by atoms with Crippen LogP contribution < -0.4 is 10.6 Å². The Morgan fingerprint density at radius 3 is 3.04 bits per heavy atom. The summed E-state index contributed by atoms with van der Waals surface area (Å²) in [7, 11) is 1.96. The van der Waals surface area contributed by atoms with E-state index in [1.807, 2.05) is 17.8 Å². The van der Waals surface area contributed by atoms with Gasteiger partial charge in [-0.05, 0) is 12.1 Å². The van der Waals surface area contributed by atoms with Gasteiger partial charge in [-0.2, -0.15) is 0 Å². The van der Waals surface area contributed by atoms with Crippen LogP contribution >= 0.6 is 23.2 Å². The lowest BCUT2D eigenvalue weighted by molar-refractivity contribution is -0.118. The lowest BCUT2D eigenvalue weighted by Crippen LogP contribution is -2.49. The number of piperazine rings is 1. The zero-order valence-corrected chi connectivity index (χ0v) is 14.8. The number of carbonyl (C=O) groups is 1. The fourth-order valence-electron chi connectivity index (χ4n) is 2.86. The minimum atomic E-state index is -0.125. The Morgan fingerprint density at radius 2 is 2.29 bits per heavy atom. The molecule has 3 rings (SSSR count). The summed E-state index contributed by atoms with van der Waals surface area (Å²) in [6.07, 6.45) is 3.68. The van der Waals surface area contributed by atoms with E-state index < -0.39 is 0 Å². The Kier molecular flexibility index (Phi) is 5.40. The Bertz CT molecular complexity index is 733. The third-order valence-electron chi connectivity index (χ3n) is 4.08. The predicted molar refractivity (Wildman–Crippen MR) is 95.5 cm³/mol. The summed E-state index contributed by atoms with van der Waals surface area (Å²) in [6, 6.07) is 5.23. The molecule has 1 aliphatic rings. The highest BCUT2D eigenvalue weighted by atomic mass is 35.5. The van der Waals surface area contributed by atoms with Crippen molar-refractivity contribution in [1.29, 1.82) is 0 Å². The minimum Gasteiger partial charge on any atom is -0.337 e. The lowest BCUT2D eigenvalue weighted by Gasteiger charge is -2.35. The molecule has 2 heterocycles. The highest BCUT2D eigenvalue weighted by Crippen LogP contribution is 2.29. The van der Waals surface area contributed by atoms with Gasteiger partial charge in [0, 0.05) is 39.1 Å². The molecule has 0 saturated carbocycles. The second-order valence-electron chi connectivity index (χ2n) is 5.74. The van der Waals surface area contributed by atoms with Crippen molar-refractivity contribution in [2.24, 2.45) is 7.05 Å². The van der Waals surface area contributed by atoms with Gasteiger partial charge in [-0.25, -0.2) is 4.98 Å². The van der Waals surface area contributed by atoms with Crippen molar-refractivity contribution < 1.29 is 4.79 Å². The monoisotopic (exact) mass is 367 g/mol. The largest absolute Gasteiger partial charge is 0.337 e. The molecular weight excluding hydrogens is 349 g/mol. The highest BCUT2D eigenvalue weighted by Gasteiger charge is 2.28. The SMILES string of the molecule is Cn1ccnc1C1CNCCN1CC(=O)Nc1cccc(Cl)c1Cl. The first kappa shape index (κ1) is 17.2. The third kappa shape index (κ3) is 3.72. The Hall–Kier alpha value is -1.60. The van der Waals surface area contributed by atoms with E-state index in [2.05, 4.69) is 20.5 Å². The van der Waals surface area contributed by atoms with Crippen LogP contribution in [0.3, 0.4) is 0 Å². The van der Waals surface area contributed by atoms with Gasteiger partial charge in [0.25, 0.3) is 0 Å². The van der Waals surface area contributed by atoms with Gasteiger partial charge in [0.1, 0.15) is 5.82 Å². The smallest absolute Gasteiger partial charge is 0.238 e. The fourth-order valence-corrected chi connectivity index (χ4v) is 3.21. The molecule has 0 spiro atoms. The van der Waals surface area contributed by atoms with Crippen LogP contribution in [0.2, 0.25) is 10.0 Å². The number of aromatic nitrogens is 2. The first-order valence-electron chi connectivity index (χ1n) is 7.72. The number of aryl methyl sites for hydroxylation is 1. The third-order valence-corrected chi connectivity index (χ3v) is 4.90. The maximum Gasteiger partial charge on any atom is 0.238 e. The molecule has 0 aliphatic carbocycles. The number of carbonyl (C=O) groups excluding carboxylic acids is 1. The quantitative estimate of drug-likeness (QED) is 0.870. The predicted octanol–water partition coefficient (Wildman–Crippen LogP) is 2.31. The Morgan fingerprint density at radius 1 is 1.46 bits per heavy atom. The molecular formula is C16H19Cl2N5O. The molecule has 1 amide bonds. The molecule has 0 bridgehead atoms. The first-order valence-corrected chi connectivity index (χ1v) is 8.47. The van der Waals surface area contributed by atoms with Gasteiger partial charge in [-0.15, -0.1) is 0 Å². The molecule has 0 radical (unpaired) electrons. The van der Waals surface area contributed by atoms with Crippen LogP contribution in [0, 0.1) is 0 Å². The van der Waals surface area contributed by atoms with Gasteiger partial charge in [-0.1, -0.05) is 29.3 Å². The van der Waals surface area contributed by atoms with Crippen molar-refractivity contribution in [3.05, 3.63) is 46.5 Å². The average Bonchev–Trinajstić information content (AvgIpc) is 2.98. The summed E-state index contributed by atoms with van der Waals surface area (Å²) in [5.41, 5.74) is 0.526. The molecule has 1 atom stereocenters. The minimum absolute atomic E-state index is 0.0549. The van der Waals surface area contributed by atoms with Crippen LogP contribution in [0.1, 0.15) is 11.9 Å². The summed E-state index contributed by atoms with van der Waals surface area (Å²) >= 11 is 12.1. The number of amides is 1. The number of hydrogen-bond donors (Lipinski definition) is 2. The topological polar surface area (TPSA) is 62.2 Å². The van der Waals surface area contributed by atoms with Crippen LogP contribution in [0.5, 0.6) is 0 Å². The number of halogens is 2. The van der Waals surface area contributed by atoms with Gasteiger partial charge in [-0.3, -0.25) is 9.69 Å². The summed E-state index contributed by atoms with van der Waals surface area (Å²) in [6.45, 7) is 2.64. The molecule has 1 aliphatic heterocycles. The molecule has 1 saturated heterocycles.